The molecule has 8 nitrogen and oxygen atoms in total. The average Bonchev–Trinajstić information content (AvgIpc) is 3.29. The highest BCUT2D eigenvalue weighted by Crippen LogP contribution is 2.40. The Morgan fingerprint density at radius 1 is 1.32 bits per heavy atom. The molecule has 0 saturated carbocycles. The molecule has 2 aromatic heterocycles. The molecule has 2 fully saturated rings. The van der Waals surface area contributed by atoms with Gasteiger partial charge >= 0.3 is 0 Å². The summed E-state index contributed by atoms with van der Waals surface area (Å²) >= 11 is 0. The third kappa shape index (κ3) is 3.35. The Balaban J connectivity index is 1.47. The summed E-state index contributed by atoms with van der Waals surface area (Å²) in [6.45, 7) is 8.56. The minimum atomic E-state index is 0.0665. The summed E-state index contributed by atoms with van der Waals surface area (Å²) in [5.41, 5.74) is 2.86. The molecule has 8 heteroatoms. The zero-order chi connectivity index (χ0) is 19.7. The topological polar surface area (TPSA) is 76.6 Å². The van der Waals surface area contributed by atoms with Gasteiger partial charge < -0.3 is 14.2 Å². The van der Waals surface area contributed by atoms with Crippen LogP contribution >= 0.6 is 0 Å². The number of nitrogens with zero attached hydrogens (tertiary/aromatic N) is 5. The van der Waals surface area contributed by atoms with Crippen LogP contribution in [0.15, 0.2) is 16.8 Å². The van der Waals surface area contributed by atoms with Crippen LogP contribution in [0.4, 0.5) is 0 Å². The number of likely N-dealkylation sites (tertiary alicyclic amines) is 2. The second-order valence-electron chi connectivity index (χ2n) is 7.96. The van der Waals surface area contributed by atoms with Crippen molar-refractivity contribution in [3.63, 3.8) is 0 Å². The van der Waals surface area contributed by atoms with Crippen molar-refractivity contribution in [3.05, 3.63) is 35.0 Å². The predicted octanol–water partition coefficient (Wildman–Crippen LogP) is 2.02. The van der Waals surface area contributed by atoms with E-state index in [-0.39, 0.29) is 11.4 Å². The number of carbonyl (C=O) groups excluding carboxylic acids is 1. The summed E-state index contributed by atoms with van der Waals surface area (Å²) in [5.74, 6) is 0.960. The van der Waals surface area contributed by atoms with Crippen molar-refractivity contribution in [2.24, 2.45) is 0 Å². The number of carbonyl (C=O) groups is 1. The van der Waals surface area contributed by atoms with Crippen LogP contribution in [-0.4, -0.2) is 69.5 Å². The summed E-state index contributed by atoms with van der Waals surface area (Å²) in [6, 6.07) is 1.81. The van der Waals surface area contributed by atoms with E-state index in [1.165, 1.54) is 5.56 Å². The first kappa shape index (κ1) is 19.1. The summed E-state index contributed by atoms with van der Waals surface area (Å²) in [7, 11) is 1.66. The van der Waals surface area contributed by atoms with Gasteiger partial charge in [0.2, 0.25) is 0 Å². The number of rotatable bonds is 6. The van der Waals surface area contributed by atoms with Crippen molar-refractivity contribution in [2.75, 3.05) is 33.4 Å². The Morgan fingerprint density at radius 3 is 2.86 bits per heavy atom. The molecule has 0 radical (unpaired) electrons. The fourth-order valence-corrected chi connectivity index (χ4v) is 4.53. The highest BCUT2D eigenvalue weighted by Gasteiger charge is 2.48. The predicted molar refractivity (Wildman–Crippen MR) is 103 cm³/mol. The molecule has 1 amide bonds. The number of hydrogen-bond donors (Lipinski definition) is 0. The van der Waals surface area contributed by atoms with E-state index in [1.54, 1.807) is 18.0 Å². The van der Waals surface area contributed by atoms with Gasteiger partial charge in [-0.2, -0.15) is 5.10 Å². The van der Waals surface area contributed by atoms with E-state index >= 15 is 0 Å². The normalized spacial score (nSPS) is 22.6. The van der Waals surface area contributed by atoms with Crippen molar-refractivity contribution < 1.29 is 14.1 Å². The molecule has 2 aromatic rings. The monoisotopic (exact) mass is 387 g/mol. The molecule has 2 aliphatic heterocycles. The van der Waals surface area contributed by atoms with Crippen LogP contribution < -0.4 is 0 Å². The SMILES string of the molecule is COCCn1nccc1C(=O)N1CCCC2(CCN2Cc2c(C)noc2C)C1. The van der Waals surface area contributed by atoms with Crippen LogP contribution in [0.25, 0.3) is 0 Å². The van der Waals surface area contributed by atoms with Crippen molar-refractivity contribution in [2.45, 2.75) is 51.7 Å². The Labute approximate surface area is 165 Å². The molecule has 1 unspecified atom stereocenters. The minimum Gasteiger partial charge on any atom is -0.383 e. The van der Waals surface area contributed by atoms with Crippen molar-refractivity contribution in [1.29, 1.82) is 0 Å². The van der Waals surface area contributed by atoms with E-state index in [9.17, 15) is 4.79 Å². The molecule has 4 heterocycles. The molecule has 28 heavy (non-hydrogen) atoms. The van der Waals surface area contributed by atoms with Gasteiger partial charge in [0.1, 0.15) is 11.5 Å². The third-order valence-electron chi connectivity index (χ3n) is 6.33. The van der Waals surface area contributed by atoms with Crippen molar-refractivity contribution in [3.8, 4) is 0 Å². The molecule has 0 aliphatic carbocycles. The largest absolute Gasteiger partial charge is 0.383 e. The van der Waals surface area contributed by atoms with Gasteiger partial charge in [-0.15, -0.1) is 0 Å². The quantitative estimate of drug-likeness (QED) is 0.755. The Morgan fingerprint density at radius 2 is 2.18 bits per heavy atom. The molecular weight excluding hydrogens is 358 g/mol. The second kappa shape index (κ2) is 7.67. The Kier molecular flexibility index (Phi) is 5.25. The van der Waals surface area contributed by atoms with E-state index in [1.807, 2.05) is 24.8 Å². The highest BCUT2D eigenvalue weighted by molar-refractivity contribution is 5.92. The van der Waals surface area contributed by atoms with Crippen LogP contribution in [0.5, 0.6) is 0 Å². The maximum Gasteiger partial charge on any atom is 0.272 e. The lowest BCUT2D eigenvalue weighted by Gasteiger charge is -2.57. The number of amides is 1. The summed E-state index contributed by atoms with van der Waals surface area (Å²) in [4.78, 5) is 17.7. The molecule has 4 rings (SSSR count). The number of methoxy groups -OCH3 is 1. The molecular formula is C20H29N5O3. The smallest absolute Gasteiger partial charge is 0.272 e. The van der Waals surface area contributed by atoms with Gasteiger partial charge in [0.05, 0.1) is 18.8 Å². The lowest BCUT2D eigenvalue weighted by Crippen LogP contribution is -2.67. The van der Waals surface area contributed by atoms with Gasteiger partial charge in [-0.25, -0.2) is 0 Å². The van der Waals surface area contributed by atoms with Gasteiger partial charge in [0.25, 0.3) is 5.91 Å². The first-order valence-corrected chi connectivity index (χ1v) is 10.0. The lowest BCUT2D eigenvalue weighted by atomic mass is 9.77. The zero-order valence-electron chi connectivity index (χ0n) is 17.0. The lowest BCUT2D eigenvalue weighted by molar-refractivity contribution is -0.0653. The minimum absolute atomic E-state index is 0.0665. The molecule has 2 aliphatic rings. The Hall–Kier alpha value is -2.19. The van der Waals surface area contributed by atoms with Gasteiger partial charge in [-0.05, 0) is 39.2 Å². The maximum atomic E-state index is 13.2. The molecule has 1 spiro atoms. The fraction of sp³-hybridized carbons (Fsp3) is 0.650. The summed E-state index contributed by atoms with van der Waals surface area (Å²) < 4.78 is 12.2. The average molecular weight is 387 g/mol. The van der Waals surface area contributed by atoms with Gasteiger partial charge in [-0.1, -0.05) is 5.16 Å². The second-order valence-corrected chi connectivity index (χ2v) is 7.96. The number of piperidine rings is 1. The Bertz CT molecular complexity index is 825. The third-order valence-corrected chi connectivity index (χ3v) is 6.33. The van der Waals surface area contributed by atoms with Crippen LogP contribution in [0, 0.1) is 13.8 Å². The molecule has 0 aromatic carbocycles. The van der Waals surface area contributed by atoms with Crippen molar-refractivity contribution >= 4 is 5.91 Å². The number of aryl methyl sites for hydroxylation is 2. The van der Waals surface area contributed by atoms with E-state index in [2.05, 4.69) is 15.2 Å². The summed E-state index contributed by atoms with van der Waals surface area (Å²) in [6.07, 6.45) is 4.97. The van der Waals surface area contributed by atoms with Gasteiger partial charge in [0.15, 0.2) is 0 Å². The zero-order valence-corrected chi connectivity index (χ0v) is 17.0. The maximum absolute atomic E-state index is 13.2. The van der Waals surface area contributed by atoms with Crippen LogP contribution in [0.2, 0.25) is 0 Å². The molecule has 1 atom stereocenters. The summed E-state index contributed by atoms with van der Waals surface area (Å²) in [5, 5.41) is 8.37. The van der Waals surface area contributed by atoms with E-state index < -0.39 is 0 Å². The van der Waals surface area contributed by atoms with E-state index in [4.69, 9.17) is 9.26 Å². The number of hydrogen-bond acceptors (Lipinski definition) is 6. The first-order chi connectivity index (χ1) is 13.5. The fourth-order valence-electron chi connectivity index (χ4n) is 4.53. The van der Waals surface area contributed by atoms with E-state index in [0.29, 0.717) is 18.8 Å². The molecule has 0 N–H and O–H groups in total. The molecule has 2 saturated heterocycles. The molecule has 0 bridgehead atoms. The van der Waals surface area contributed by atoms with Crippen LogP contribution in [0.1, 0.15) is 46.8 Å². The number of ether oxygens (including phenoxy) is 1. The van der Waals surface area contributed by atoms with Gasteiger partial charge in [0, 0.05) is 50.6 Å². The molecule has 152 valence electrons. The highest BCUT2D eigenvalue weighted by atomic mass is 16.5. The standard InChI is InChI=1S/C20H29N5O3/c1-15-17(16(2)28-22-15)13-24-10-7-20(24)6-4-9-23(14-20)19(26)18-5-8-21-25(18)11-12-27-3/h5,8H,4,6-7,9-14H2,1-3H3. The number of aromatic nitrogens is 3. The van der Waals surface area contributed by atoms with E-state index in [0.717, 1.165) is 56.9 Å². The van der Waals surface area contributed by atoms with Crippen LogP contribution in [0.3, 0.4) is 0 Å². The van der Waals surface area contributed by atoms with Crippen molar-refractivity contribution in [1.82, 2.24) is 24.7 Å². The van der Waals surface area contributed by atoms with Gasteiger partial charge in [-0.3, -0.25) is 14.4 Å². The first-order valence-electron chi connectivity index (χ1n) is 10.0. The van der Waals surface area contributed by atoms with Crippen LogP contribution in [-0.2, 0) is 17.8 Å².